The number of hydrogen-bond donors (Lipinski definition) is 0. The van der Waals surface area contributed by atoms with Crippen molar-refractivity contribution < 1.29 is 9.47 Å². The minimum atomic E-state index is 0.255. The number of methoxy groups -OCH3 is 2. The summed E-state index contributed by atoms with van der Waals surface area (Å²) in [6.45, 7) is 4.01. The van der Waals surface area contributed by atoms with Crippen molar-refractivity contribution in [3.05, 3.63) is 83.8 Å². The number of hydrogen-bond acceptors (Lipinski definition) is 3. The van der Waals surface area contributed by atoms with E-state index in [4.69, 9.17) is 9.47 Å². The second-order valence-electron chi connectivity index (χ2n) is 6.48. The van der Waals surface area contributed by atoms with Crippen molar-refractivity contribution >= 4 is 0 Å². The van der Waals surface area contributed by atoms with E-state index in [0.717, 1.165) is 19.5 Å². The van der Waals surface area contributed by atoms with Crippen LogP contribution in [0.1, 0.15) is 37.3 Å². The molecule has 2 rings (SSSR count). The van der Waals surface area contributed by atoms with Crippen LogP contribution in [0, 0.1) is 0 Å². The predicted octanol–water partition coefficient (Wildman–Crippen LogP) is 5.38. The van der Waals surface area contributed by atoms with Crippen LogP contribution in [0.3, 0.4) is 0 Å². The first-order chi connectivity index (χ1) is 12.8. The molecule has 0 aliphatic heterocycles. The van der Waals surface area contributed by atoms with Crippen molar-refractivity contribution in [3.8, 4) is 0 Å². The summed E-state index contributed by atoms with van der Waals surface area (Å²) in [5, 5.41) is 0. The quantitative estimate of drug-likeness (QED) is 0.506. The van der Waals surface area contributed by atoms with E-state index in [1.54, 1.807) is 14.2 Å². The molecular weight excluding hydrogens is 322 g/mol. The summed E-state index contributed by atoms with van der Waals surface area (Å²) in [5.41, 5.74) is 2.63. The zero-order chi connectivity index (χ0) is 18.6. The maximum absolute atomic E-state index is 5.37. The molecule has 0 heterocycles. The summed E-state index contributed by atoms with van der Waals surface area (Å²) in [5.74, 6) is 0.581. The first kappa shape index (κ1) is 20.1. The number of nitrogens with zero attached hydrogens (tertiary/aromatic N) is 1. The van der Waals surface area contributed by atoms with Gasteiger partial charge in [0.2, 0.25) is 0 Å². The summed E-state index contributed by atoms with van der Waals surface area (Å²) >= 11 is 0. The molecule has 0 bridgehead atoms. The summed E-state index contributed by atoms with van der Waals surface area (Å²) in [6, 6.07) is 21.5. The Balaban J connectivity index is 2.28. The summed E-state index contributed by atoms with van der Waals surface area (Å²) in [4.78, 5) is 2.50. The van der Waals surface area contributed by atoms with Gasteiger partial charge in [-0.2, -0.15) is 0 Å². The van der Waals surface area contributed by atoms with Crippen molar-refractivity contribution in [2.45, 2.75) is 45.3 Å². The molecule has 2 aromatic carbocycles. The first-order valence-electron chi connectivity index (χ1n) is 9.38. The third-order valence-electron chi connectivity index (χ3n) is 4.51. The zero-order valence-corrected chi connectivity index (χ0v) is 16.2. The number of benzene rings is 2. The topological polar surface area (TPSA) is 21.7 Å². The molecule has 1 unspecified atom stereocenters. The third kappa shape index (κ3) is 6.57. The molecule has 1 atom stereocenters. The van der Waals surface area contributed by atoms with Crippen LogP contribution in [0.5, 0.6) is 0 Å². The largest absolute Gasteiger partial charge is 0.469 e. The zero-order valence-electron chi connectivity index (χ0n) is 16.2. The van der Waals surface area contributed by atoms with Crippen LogP contribution in [0.15, 0.2) is 72.7 Å². The Morgan fingerprint density at radius 3 is 1.81 bits per heavy atom. The molecule has 0 fully saturated rings. The molecule has 140 valence electrons. The van der Waals surface area contributed by atoms with Crippen LogP contribution in [0.2, 0.25) is 0 Å². The molecule has 3 heteroatoms. The monoisotopic (exact) mass is 353 g/mol. The van der Waals surface area contributed by atoms with Gasteiger partial charge in [0, 0.05) is 25.2 Å². The van der Waals surface area contributed by atoms with Gasteiger partial charge in [-0.1, -0.05) is 80.4 Å². The van der Waals surface area contributed by atoms with E-state index in [-0.39, 0.29) is 6.04 Å². The lowest BCUT2D eigenvalue weighted by Crippen LogP contribution is -2.33. The van der Waals surface area contributed by atoms with Crippen LogP contribution in [0.4, 0.5) is 0 Å². The molecule has 2 aromatic rings. The normalized spacial score (nSPS) is 11.8. The maximum atomic E-state index is 5.37. The first-order valence-corrected chi connectivity index (χ1v) is 9.38. The highest BCUT2D eigenvalue weighted by Crippen LogP contribution is 2.20. The Bertz CT molecular complexity index is 592. The number of ether oxygens (including phenoxy) is 2. The van der Waals surface area contributed by atoms with E-state index < -0.39 is 0 Å². The summed E-state index contributed by atoms with van der Waals surface area (Å²) in [7, 11) is 3.32. The van der Waals surface area contributed by atoms with Gasteiger partial charge in [-0.15, -0.1) is 0 Å². The van der Waals surface area contributed by atoms with Crippen molar-refractivity contribution in [2.24, 2.45) is 0 Å². The number of rotatable bonds is 11. The lowest BCUT2D eigenvalue weighted by Gasteiger charge is -2.30. The molecule has 0 saturated carbocycles. The molecule has 0 aliphatic carbocycles. The van der Waals surface area contributed by atoms with Gasteiger partial charge in [0.25, 0.3) is 5.95 Å². The lowest BCUT2D eigenvalue weighted by atomic mass is 10.0. The molecule has 0 spiro atoms. The SMILES string of the molecule is CCCCC(C=C(OC)OC)N(Cc1ccccc1)Cc1ccccc1. The van der Waals surface area contributed by atoms with E-state index in [1.165, 1.54) is 24.0 Å². The fourth-order valence-electron chi connectivity index (χ4n) is 3.09. The van der Waals surface area contributed by atoms with Crippen LogP contribution >= 0.6 is 0 Å². The van der Waals surface area contributed by atoms with Gasteiger partial charge in [0.15, 0.2) is 0 Å². The van der Waals surface area contributed by atoms with Gasteiger partial charge in [0.1, 0.15) is 0 Å². The number of unbranched alkanes of at least 4 members (excludes halogenated alkanes) is 1. The molecule has 0 amide bonds. The molecule has 0 N–H and O–H groups in total. The fraction of sp³-hybridized carbons (Fsp3) is 0.391. The minimum Gasteiger partial charge on any atom is -0.469 e. The van der Waals surface area contributed by atoms with Crippen molar-refractivity contribution in [3.63, 3.8) is 0 Å². The van der Waals surface area contributed by atoms with Crippen LogP contribution in [-0.4, -0.2) is 25.2 Å². The summed E-state index contributed by atoms with van der Waals surface area (Å²) < 4.78 is 10.7. The lowest BCUT2D eigenvalue weighted by molar-refractivity contribution is 0.0867. The molecule has 0 aromatic heterocycles. The van der Waals surface area contributed by atoms with E-state index in [1.807, 2.05) is 0 Å². The maximum Gasteiger partial charge on any atom is 0.275 e. The highest BCUT2D eigenvalue weighted by molar-refractivity contribution is 5.18. The van der Waals surface area contributed by atoms with Gasteiger partial charge < -0.3 is 9.47 Å². The van der Waals surface area contributed by atoms with E-state index in [0.29, 0.717) is 5.95 Å². The van der Waals surface area contributed by atoms with Crippen LogP contribution in [-0.2, 0) is 22.6 Å². The fourth-order valence-corrected chi connectivity index (χ4v) is 3.09. The molecule has 26 heavy (non-hydrogen) atoms. The van der Waals surface area contributed by atoms with Crippen LogP contribution < -0.4 is 0 Å². The smallest absolute Gasteiger partial charge is 0.275 e. The van der Waals surface area contributed by atoms with Gasteiger partial charge in [0.05, 0.1) is 14.2 Å². The van der Waals surface area contributed by atoms with E-state index in [2.05, 4.69) is 78.6 Å². The molecule has 0 aliphatic rings. The second kappa shape index (κ2) is 11.4. The Kier molecular flexibility index (Phi) is 8.77. The standard InChI is InChI=1S/C23H31NO2/c1-4-5-16-22(17-23(25-2)26-3)24(18-20-12-8-6-9-13-20)19-21-14-10-7-11-15-21/h6-15,17,22H,4-5,16,18-19H2,1-3H3. The Morgan fingerprint density at radius 2 is 1.38 bits per heavy atom. The van der Waals surface area contributed by atoms with Crippen molar-refractivity contribution in [1.82, 2.24) is 4.90 Å². The molecule has 3 nitrogen and oxygen atoms in total. The minimum absolute atomic E-state index is 0.255. The average molecular weight is 354 g/mol. The predicted molar refractivity (Wildman–Crippen MR) is 108 cm³/mol. The Hall–Kier alpha value is -2.26. The second-order valence-corrected chi connectivity index (χ2v) is 6.48. The highest BCUT2D eigenvalue weighted by Gasteiger charge is 2.19. The van der Waals surface area contributed by atoms with Crippen molar-refractivity contribution in [2.75, 3.05) is 14.2 Å². The average Bonchev–Trinajstić information content (AvgIpc) is 2.69. The Morgan fingerprint density at radius 1 is 0.885 bits per heavy atom. The third-order valence-corrected chi connectivity index (χ3v) is 4.51. The van der Waals surface area contributed by atoms with Gasteiger partial charge >= 0.3 is 0 Å². The van der Waals surface area contributed by atoms with E-state index in [9.17, 15) is 0 Å². The van der Waals surface area contributed by atoms with Crippen LogP contribution in [0.25, 0.3) is 0 Å². The molecule has 0 radical (unpaired) electrons. The molecule has 0 saturated heterocycles. The Labute approximate surface area is 158 Å². The van der Waals surface area contributed by atoms with E-state index >= 15 is 0 Å². The highest BCUT2D eigenvalue weighted by atomic mass is 16.7. The van der Waals surface area contributed by atoms with Crippen molar-refractivity contribution in [1.29, 1.82) is 0 Å². The molecular formula is C23H31NO2. The summed E-state index contributed by atoms with van der Waals surface area (Å²) in [6.07, 6.45) is 5.53. The van der Waals surface area contributed by atoms with Gasteiger partial charge in [-0.25, -0.2) is 0 Å². The van der Waals surface area contributed by atoms with Gasteiger partial charge in [-0.3, -0.25) is 4.90 Å². The van der Waals surface area contributed by atoms with Gasteiger partial charge in [-0.05, 0) is 17.5 Å².